The molecule has 1 aromatic heterocycles. The van der Waals surface area contributed by atoms with Gasteiger partial charge in [-0.15, -0.1) is 11.3 Å². The lowest BCUT2D eigenvalue weighted by Gasteiger charge is -2.30. The number of carbonyl (C=O) groups excluding carboxylic acids is 2. The van der Waals surface area contributed by atoms with Gasteiger partial charge in [-0.1, -0.05) is 72.4 Å². The molecule has 0 aliphatic carbocycles. The van der Waals surface area contributed by atoms with Gasteiger partial charge < -0.3 is 25.6 Å². The number of nitrogens with zero attached hydrogens (tertiary/aromatic N) is 1. The summed E-state index contributed by atoms with van der Waals surface area (Å²) >= 11 is 2.51. The van der Waals surface area contributed by atoms with Crippen LogP contribution < -0.4 is 15.4 Å². The quantitative estimate of drug-likeness (QED) is 0.112. The van der Waals surface area contributed by atoms with Gasteiger partial charge in [0.25, 0.3) is 5.91 Å². The molecule has 2 amide bonds. The lowest BCUT2D eigenvalue weighted by Crippen LogP contribution is -2.25. The fraction of sp³-hybridized carbons (Fsp3) is 0.469. The highest BCUT2D eigenvalue weighted by Crippen LogP contribution is 2.42. The first-order chi connectivity index (χ1) is 19.8. The summed E-state index contributed by atoms with van der Waals surface area (Å²) in [7, 11) is 0. The number of ether oxygens (including phenoxy) is 1. The van der Waals surface area contributed by atoms with E-state index < -0.39 is 5.91 Å². The second-order valence-electron chi connectivity index (χ2n) is 11.6. The van der Waals surface area contributed by atoms with Crippen molar-refractivity contribution >= 4 is 40.6 Å². The van der Waals surface area contributed by atoms with Crippen molar-refractivity contribution in [3.05, 3.63) is 52.5 Å². The molecular formula is C32H43N3O5S2. The Labute approximate surface area is 257 Å². The number of hydrogen-bond acceptors (Lipinski definition) is 8. The minimum absolute atomic E-state index is 0.0189. The van der Waals surface area contributed by atoms with Crippen molar-refractivity contribution in [3.8, 4) is 17.2 Å². The smallest absolute Gasteiger partial charge is 0.262 e. The van der Waals surface area contributed by atoms with Crippen molar-refractivity contribution in [1.29, 1.82) is 0 Å². The topological polar surface area (TPSA) is 121 Å². The first kappa shape index (κ1) is 33.3. The van der Waals surface area contributed by atoms with E-state index in [4.69, 9.17) is 4.74 Å². The van der Waals surface area contributed by atoms with Crippen LogP contribution in [0.2, 0.25) is 0 Å². The number of thiazole rings is 1. The van der Waals surface area contributed by atoms with Crippen molar-refractivity contribution in [2.75, 3.05) is 18.5 Å². The van der Waals surface area contributed by atoms with Crippen LogP contribution in [0.25, 0.3) is 0 Å². The number of nitrogens with one attached hydrogen (secondary N) is 2. The van der Waals surface area contributed by atoms with E-state index in [2.05, 4.69) is 69.3 Å². The van der Waals surface area contributed by atoms with Crippen LogP contribution in [0.5, 0.6) is 17.2 Å². The van der Waals surface area contributed by atoms with Crippen LogP contribution in [-0.4, -0.2) is 40.2 Å². The first-order valence-electron chi connectivity index (χ1n) is 14.3. The van der Waals surface area contributed by atoms with E-state index in [-0.39, 0.29) is 47.0 Å². The molecule has 0 bridgehead atoms. The van der Waals surface area contributed by atoms with Gasteiger partial charge in [-0.05, 0) is 47.8 Å². The molecule has 2 aromatic carbocycles. The standard InChI is InChI=1S/C32H43N3O5S2/c1-8-13-33-28(38)15-21-19-41-30(34-21)42-27-17-24(36)23(16-25(27)37)35-29(39)18-40-26-12-11-20(31(4,5)9-2)14-22(26)32(6,7)10-3/h11-12,14,16-17,19,36-37H,8-10,13,15,18H2,1-7H3,(H,33,38)(H,35,39). The molecule has 42 heavy (non-hydrogen) atoms. The molecule has 0 fully saturated rings. The Kier molecular flexibility index (Phi) is 11.3. The number of carbonyl (C=O) groups is 2. The van der Waals surface area contributed by atoms with Crippen molar-refractivity contribution in [3.63, 3.8) is 0 Å². The van der Waals surface area contributed by atoms with Crippen LogP contribution in [0.4, 0.5) is 5.69 Å². The normalized spacial score (nSPS) is 11.8. The summed E-state index contributed by atoms with van der Waals surface area (Å²) in [5.41, 5.74) is 2.85. The number of benzene rings is 2. The van der Waals surface area contributed by atoms with Gasteiger partial charge in [-0.25, -0.2) is 4.98 Å². The number of rotatable bonds is 14. The molecule has 0 radical (unpaired) electrons. The Morgan fingerprint density at radius 3 is 2.36 bits per heavy atom. The third-order valence-corrected chi connectivity index (χ3v) is 9.64. The third kappa shape index (κ3) is 8.64. The van der Waals surface area contributed by atoms with Crippen LogP contribution in [0, 0.1) is 0 Å². The highest BCUT2D eigenvalue weighted by Gasteiger charge is 2.27. The lowest BCUT2D eigenvalue weighted by atomic mass is 9.76. The molecule has 10 heteroatoms. The van der Waals surface area contributed by atoms with Crippen molar-refractivity contribution in [1.82, 2.24) is 10.3 Å². The van der Waals surface area contributed by atoms with Crippen LogP contribution in [0.15, 0.2) is 44.9 Å². The van der Waals surface area contributed by atoms with Gasteiger partial charge >= 0.3 is 0 Å². The summed E-state index contributed by atoms with van der Waals surface area (Å²) in [4.78, 5) is 29.6. The number of aromatic hydroxyl groups is 2. The van der Waals surface area contributed by atoms with E-state index in [9.17, 15) is 19.8 Å². The molecule has 0 unspecified atom stereocenters. The predicted octanol–water partition coefficient (Wildman–Crippen LogP) is 7.17. The molecule has 0 aliphatic heterocycles. The summed E-state index contributed by atoms with van der Waals surface area (Å²) in [6.45, 7) is 15.4. The highest BCUT2D eigenvalue weighted by atomic mass is 32.2. The Bertz CT molecular complexity index is 1400. The molecule has 228 valence electrons. The minimum Gasteiger partial charge on any atom is -0.507 e. The van der Waals surface area contributed by atoms with Crippen molar-refractivity contribution in [2.24, 2.45) is 0 Å². The average Bonchev–Trinajstić information content (AvgIpc) is 3.39. The van der Waals surface area contributed by atoms with E-state index in [1.165, 1.54) is 40.8 Å². The van der Waals surface area contributed by atoms with E-state index in [1.54, 1.807) is 5.38 Å². The lowest BCUT2D eigenvalue weighted by molar-refractivity contribution is -0.120. The summed E-state index contributed by atoms with van der Waals surface area (Å²) in [6, 6.07) is 8.85. The fourth-order valence-corrected chi connectivity index (χ4v) is 5.91. The number of hydrogen-bond donors (Lipinski definition) is 4. The van der Waals surface area contributed by atoms with Gasteiger partial charge in [0.1, 0.15) is 17.2 Å². The van der Waals surface area contributed by atoms with Crippen molar-refractivity contribution < 1.29 is 24.5 Å². The van der Waals surface area contributed by atoms with Crippen LogP contribution in [0.3, 0.4) is 0 Å². The minimum atomic E-state index is -0.464. The summed E-state index contributed by atoms with van der Waals surface area (Å²) in [5.74, 6) is -0.219. The molecule has 0 saturated carbocycles. The Morgan fingerprint density at radius 2 is 1.69 bits per heavy atom. The second kappa shape index (κ2) is 14.3. The Morgan fingerprint density at radius 1 is 0.976 bits per heavy atom. The zero-order valence-electron chi connectivity index (χ0n) is 25.6. The Balaban J connectivity index is 1.67. The average molecular weight is 614 g/mol. The van der Waals surface area contributed by atoms with E-state index in [0.717, 1.165) is 24.8 Å². The molecule has 0 aliphatic rings. The van der Waals surface area contributed by atoms with Crippen LogP contribution >= 0.6 is 23.1 Å². The summed E-state index contributed by atoms with van der Waals surface area (Å²) in [6.07, 6.45) is 2.94. The fourth-order valence-electron chi connectivity index (χ4n) is 4.07. The summed E-state index contributed by atoms with van der Waals surface area (Å²) < 4.78 is 6.61. The zero-order chi connectivity index (χ0) is 31.1. The van der Waals surface area contributed by atoms with Gasteiger partial charge in [0.15, 0.2) is 10.9 Å². The molecule has 1 heterocycles. The molecule has 0 saturated heterocycles. The van der Waals surface area contributed by atoms with Crippen LogP contribution in [0.1, 0.15) is 84.5 Å². The molecule has 8 nitrogen and oxygen atoms in total. The van der Waals surface area contributed by atoms with E-state index >= 15 is 0 Å². The van der Waals surface area contributed by atoms with Gasteiger partial charge in [0, 0.05) is 23.6 Å². The monoisotopic (exact) mass is 613 g/mol. The molecule has 0 atom stereocenters. The van der Waals surface area contributed by atoms with Crippen LogP contribution in [-0.2, 0) is 26.8 Å². The van der Waals surface area contributed by atoms with E-state index in [0.29, 0.717) is 27.2 Å². The molecular weight excluding hydrogens is 571 g/mol. The number of phenolic OH excluding ortho intramolecular Hbond substituents is 2. The van der Waals surface area contributed by atoms with Gasteiger partial charge in [0.2, 0.25) is 5.91 Å². The first-order valence-corrected chi connectivity index (χ1v) is 16.0. The maximum atomic E-state index is 12.8. The van der Waals surface area contributed by atoms with Gasteiger partial charge in [-0.3, -0.25) is 9.59 Å². The SMILES string of the molecule is CCCNC(=O)Cc1csc(Sc2cc(O)c(NC(=O)COc3ccc(C(C)(C)CC)cc3C(C)(C)CC)cc2O)n1. The summed E-state index contributed by atoms with van der Waals surface area (Å²) in [5, 5.41) is 28.5. The number of anilines is 1. The molecule has 4 N–H and O–H groups in total. The van der Waals surface area contributed by atoms with Gasteiger partial charge in [0.05, 0.1) is 22.7 Å². The highest BCUT2D eigenvalue weighted by molar-refractivity contribution is 8.01. The second-order valence-corrected chi connectivity index (χ2v) is 13.7. The Hall–Kier alpha value is -3.24. The zero-order valence-corrected chi connectivity index (χ0v) is 27.2. The van der Waals surface area contributed by atoms with E-state index in [1.807, 2.05) is 13.0 Å². The number of amides is 2. The maximum absolute atomic E-state index is 12.8. The third-order valence-electron chi connectivity index (χ3n) is 7.61. The maximum Gasteiger partial charge on any atom is 0.262 e. The van der Waals surface area contributed by atoms with Crippen molar-refractivity contribution in [2.45, 2.75) is 94.2 Å². The molecule has 0 spiro atoms. The largest absolute Gasteiger partial charge is 0.507 e. The molecule has 3 rings (SSSR count). The van der Waals surface area contributed by atoms with Gasteiger partial charge in [-0.2, -0.15) is 0 Å². The number of aromatic nitrogens is 1. The predicted molar refractivity (Wildman–Crippen MR) is 170 cm³/mol. The number of phenols is 2. The molecule has 3 aromatic rings.